The Kier molecular flexibility index (Phi) is 3.97. The summed E-state index contributed by atoms with van der Waals surface area (Å²) in [6.45, 7) is 3.20. The van der Waals surface area contributed by atoms with Gasteiger partial charge in [-0.1, -0.05) is 19.9 Å². The summed E-state index contributed by atoms with van der Waals surface area (Å²) in [5, 5.41) is 18.1. The summed E-state index contributed by atoms with van der Waals surface area (Å²) in [5.74, 6) is -8.99. The number of carbonyl (C=O) groups is 1. The molecule has 0 saturated heterocycles. The predicted octanol–water partition coefficient (Wildman–Crippen LogP) is 3.59. The molecule has 1 aliphatic rings. The molecule has 2 atom stereocenters. The van der Waals surface area contributed by atoms with Gasteiger partial charge in [0, 0.05) is 12.0 Å². The van der Waals surface area contributed by atoms with Gasteiger partial charge in [-0.2, -0.15) is 5.26 Å². The van der Waals surface area contributed by atoms with E-state index in [1.165, 1.54) is 6.08 Å². The highest BCUT2D eigenvalue weighted by molar-refractivity contribution is 5.82. The van der Waals surface area contributed by atoms with E-state index in [0.29, 0.717) is 6.07 Å². The zero-order valence-corrected chi connectivity index (χ0v) is 12.3. The maximum absolute atomic E-state index is 13.8. The molecule has 122 valence electrons. The van der Waals surface area contributed by atoms with Crippen molar-refractivity contribution in [2.24, 2.45) is 16.7 Å². The van der Waals surface area contributed by atoms with Gasteiger partial charge in [0.15, 0.2) is 23.3 Å². The van der Waals surface area contributed by atoms with Crippen LogP contribution >= 0.6 is 0 Å². The Balaban J connectivity index is 2.51. The van der Waals surface area contributed by atoms with Crippen molar-refractivity contribution in [1.82, 2.24) is 0 Å². The first-order valence-corrected chi connectivity index (χ1v) is 6.72. The molecule has 1 saturated carbocycles. The van der Waals surface area contributed by atoms with Gasteiger partial charge in [-0.05, 0) is 23.5 Å². The number of halogens is 4. The molecule has 1 aliphatic carbocycles. The third kappa shape index (κ3) is 2.29. The van der Waals surface area contributed by atoms with Gasteiger partial charge in [-0.3, -0.25) is 4.79 Å². The van der Waals surface area contributed by atoms with E-state index in [2.05, 4.69) is 0 Å². The maximum atomic E-state index is 13.8. The number of nitrogens with zero attached hydrogens (tertiary/aromatic N) is 1. The maximum Gasteiger partial charge on any atom is 0.311 e. The first-order chi connectivity index (χ1) is 10.6. The van der Waals surface area contributed by atoms with Crippen molar-refractivity contribution in [2.75, 3.05) is 0 Å². The molecule has 1 fully saturated rings. The van der Waals surface area contributed by atoms with Gasteiger partial charge in [0.1, 0.15) is 0 Å². The molecule has 0 amide bonds. The lowest BCUT2D eigenvalue weighted by molar-refractivity contribution is -0.145. The fourth-order valence-corrected chi connectivity index (χ4v) is 3.31. The van der Waals surface area contributed by atoms with Gasteiger partial charge >= 0.3 is 5.97 Å². The van der Waals surface area contributed by atoms with Gasteiger partial charge in [-0.15, -0.1) is 0 Å². The van der Waals surface area contributed by atoms with E-state index in [1.807, 2.05) is 0 Å². The molecular formula is C16H13F4NO2. The largest absolute Gasteiger partial charge is 0.481 e. The van der Waals surface area contributed by atoms with Crippen LogP contribution in [0.5, 0.6) is 0 Å². The zero-order chi connectivity index (χ0) is 17.6. The highest BCUT2D eigenvalue weighted by atomic mass is 19.2. The van der Waals surface area contributed by atoms with E-state index in [1.54, 1.807) is 19.9 Å². The standard InChI is InChI=1S/C16H13F4NO2/c1-15(2)10(4-3-5-21)16(15,14(22)23)7-8-6-9(17)12(19)13(20)11(8)18/h3-4,6,10H,7H2,1-2H3,(H,22,23)/b4-3-/t10-,16+/m1/s1. The van der Waals surface area contributed by atoms with Crippen LogP contribution in [-0.2, 0) is 11.2 Å². The van der Waals surface area contributed by atoms with E-state index >= 15 is 0 Å². The topological polar surface area (TPSA) is 61.1 Å². The average molecular weight is 327 g/mol. The van der Waals surface area contributed by atoms with Crippen LogP contribution in [0.15, 0.2) is 18.2 Å². The number of hydrogen-bond acceptors (Lipinski definition) is 2. The molecule has 0 bridgehead atoms. The molecule has 7 heteroatoms. The lowest BCUT2D eigenvalue weighted by Gasteiger charge is -2.16. The quantitative estimate of drug-likeness (QED) is 0.398. The summed E-state index contributed by atoms with van der Waals surface area (Å²) in [5.41, 5.74) is -2.94. The highest BCUT2D eigenvalue weighted by Gasteiger charge is 2.74. The summed E-state index contributed by atoms with van der Waals surface area (Å²) >= 11 is 0. The Morgan fingerprint density at radius 2 is 1.91 bits per heavy atom. The molecule has 0 unspecified atom stereocenters. The third-order valence-corrected chi connectivity index (χ3v) is 4.77. The van der Waals surface area contributed by atoms with Gasteiger partial charge in [0.05, 0.1) is 11.5 Å². The number of aliphatic carboxylic acids is 1. The van der Waals surface area contributed by atoms with Crippen molar-refractivity contribution in [3.05, 3.63) is 47.1 Å². The molecule has 0 aromatic heterocycles. The number of nitriles is 1. The summed E-state index contributed by atoms with van der Waals surface area (Å²) in [6, 6.07) is 2.21. The Morgan fingerprint density at radius 1 is 1.30 bits per heavy atom. The van der Waals surface area contributed by atoms with Crippen LogP contribution in [0.4, 0.5) is 17.6 Å². The minimum Gasteiger partial charge on any atom is -0.481 e. The molecule has 1 aromatic carbocycles. The van der Waals surface area contributed by atoms with Crippen LogP contribution in [0.1, 0.15) is 19.4 Å². The van der Waals surface area contributed by atoms with Gasteiger partial charge in [0.25, 0.3) is 0 Å². The normalized spacial score (nSPS) is 25.3. The van der Waals surface area contributed by atoms with E-state index < -0.39 is 58.0 Å². The van der Waals surface area contributed by atoms with E-state index in [9.17, 15) is 27.5 Å². The van der Waals surface area contributed by atoms with Crippen LogP contribution in [0, 0.1) is 51.3 Å². The van der Waals surface area contributed by atoms with Crippen LogP contribution < -0.4 is 0 Å². The zero-order valence-electron chi connectivity index (χ0n) is 12.3. The van der Waals surface area contributed by atoms with Crippen LogP contribution in [0.3, 0.4) is 0 Å². The molecule has 1 N–H and O–H groups in total. The Bertz CT molecular complexity index is 751. The number of carboxylic acids is 1. The number of rotatable bonds is 4. The van der Waals surface area contributed by atoms with Gasteiger partial charge < -0.3 is 5.11 Å². The second kappa shape index (κ2) is 5.37. The number of benzene rings is 1. The predicted molar refractivity (Wildman–Crippen MR) is 72.1 cm³/mol. The summed E-state index contributed by atoms with van der Waals surface area (Å²) < 4.78 is 53.5. The number of hydrogen-bond donors (Lipinski definition) is 1. The Labute approximate surface area is 129 Å². The monoisotopic (exact) mass is 327 g/mol. The first kappa shape index (κ1) is 17.0. The molecule has 2 rings (SSSR count). The minimum atomic E-state index is -1.97. The fourth-order valence-electron chi connectivity index (χ4n) is 3.31. The molecule has 0 spiro atoms. The fraction of sp³-hybridized carbons (Fsp3) is 0.375. The van der Waals surface area contributed by atoms with Crippen molar-refractivity contribution < 1.29 is 27.5 Å². The van der Waals surface area contributed by atoms with Crippen LogP contribution in [0.25, 0.3) is 0 Å². The molecule has 0 aliphatic heterocycles. The Hall–Kier alpha value is -2.36. The average Bonchev–Trinajstić information content (AvgIpc) is 2.96. The van der Waals surface area contributed by atoms with Gasteiger partial charge in [0.2, 0.25) is 0 Å². The van der Waals surface area contributed by atoms with E-state index in [-0.39, 0.29) is 0 Å². The molecule has 3 nitrogen and oxygen atoms in total. The molecule has 0 radical (unpaired) electrons. The number of carboxylic acid groups (broad SMARTS) is 1. The Morgan fingerprint density at radius 3 is 2.43 bits per heavy atom. The van der Waals surface area contributed by atoms with Crippen molar-refractivity contribution in [3.63, 3.8) is 0 Å². The summed E-state index contributed by atoms with van der Waals surface area (Å²) in [4.78, 5) is 11.7. The first-order valence-electron chi connectivity index (χ1n) is 6.72. The summed E-state index contributed by atoms with van der Waals surface area (Å²) in [6.07, 6.45) is 1.97. The molecule has 23 heavy (non-hydrogen) atoms. The SMILES string of the molecule is CC1(C)[C@@H](/C=C\C#N)[C@@]1(Cc1cc(F)c(F)c(F)c1F)C(=O)O. The third-order valence-electron chi connectivity index (χ3n) is 4.77. The van der Waals surface area contributed by atoms with Gasteiger partial charge in [-0.25, -0.2) is 17.6 Å². The minimum absolute atomic E-state index is 0.470. The van der Waals surface area contributed by atoms with Crippen molar-refractivity contribution in [3.8, 4) is 6.07 Å². The van der Waals surface area contributed by atoms with Crippen molar-refractivity contribution in [1.29, 1.82) is 5.26 Å². The lowest BCUT2D eigenvalue weighted by Crippen LogP contribution is -2.25. The van der Waals surface area contributed by atoms with Crippen LogP contribution in [-0.4, -0.2) is 11.1 Å². The second-order valence-corrected chi connectivity index (χ2v) is 6.10. The molecule has 1 aromatic rings. The molecular weight excluding hydrogens is 314 g/mol. The summed E-state index contributed by atoms with van der Waals surface area (Å²) in [7, 11) is 0. The van der Waals surface area contributed by atoms with E-state index in [4.69, 9.17) is 5.26 Å². The smallest absolute Gasteiger partial charge is 0.311 e. The highest BCUT2D eigenvalue weighted by Crippen LogP contribution is 2.71. The second-order valence-electron chi connectivity index (χ2n) is 6.10. The number of allylic oxidation sites excluding steroid dienone is 2. The van der Waals surface area contributed by atoms with Crippen molar-refractivity contribution in [2.45, 2.75) is 20.3 Å². The van der Waals surface area contributed by atoms with Crippen LogP contribution in [0.2, 0.25) is 0 Å². The molecule has 0 heterocycles. The lowest BCUT2D eigenvalue weighted by atomic mass is 9.88. The van der Waals surface area contributed by atoms with Crippen molar-refractivity contribution >= 4 is 5.97 Å². The van der Waals surface area contributed by atoms with E-state index in [0.717, 1.165) is 6.08 Å².